The Morgan fingerprint density at radius 1 is 1.19 bits per heavy atom. The molecule has 0 amide bonds. The molecule has 2 aromatic rings. The van der Waals surface area contributed by atoms with E-state index in [2.05, 4.69) is 50.6 Å². The van der Waals surface area contributed by atoms with Crippen LogP contribution in [0.5, 0.6) is 0 Å². The summed E-state index contributed by atoms with van der Waals surface area (Å²) in [5.74, 6) is 6.08. The van der Waals surface area contributed by atoms with E-state index in [1.165, 1.54) is 5.39 Å². The third kappa shape index (κ3) is 2.08. The molecule has 2 rings (SSSR count). The lowest BCUT2D eigenvalue weighted by Gasteiger charge is -2.06. The van der Waals surface area contributed by atoms with E-state index >= 15 is 0 Å². The zero-order valence-electron chi connectivity index (χ0n) is 8.87. The standard InChI is InChI=1S/C12H12BrN3/c1-15-12(16-14)10-3-2-9-7-11(13)5-4-8(9)6-10/h2-7H,14H2,1H3,(H,15,16). The first-order chi connectivity index (χ1) is 7.74. The van der Waals surface area contributed by atoms with Crippen molar-refractivity contribution in [3.63, 3.8) is 0 Å². The van der Waals surface area contributed by atoms with Gasteiger partial charge in [0.2, 0.25) is 0 Å². The van der Waals surface area contributed by atoms with Crippen molar-refractivity contribution in [2.45, 2.75) is 0 Å². The van der Waals surface area contributed by atoms with Gasteiger partial charge in [0, 0.05) is 17.1 Å². The summed E-state index contributed by atoms with van der Waals surface area (Å²) in [7, 11) is 1.71. The van der Waals surface area contributed by atoms with Crippen molar-refractivity contribution < 1.29 is 0 Å². The van der Waals surface area contributed by atoms with E-state index < -0.39 is 0 Å². The van der Waals surface area contributed by atoms with Gasteiger partial charge in [0.05, 0.1) is 0 Å². The average Bonchev–Trinajstić information content (AvgIpc) is 2.31. The van der Waals surface area contributed by atoms with Crippen molar-refractivity contribution in [3.8, 4) is 0 Å². The Balaban J connectivity index is 2.56. The van der Waals surface area contributed by atoms with Crippen molar-refractivity contribution in [1.29, 1.82) is 0 Å². The second kappa shape index (κ2) is 4.63. The maximum absolute atomic E-state index is 5.40. The first-order valence-electron chi connectivity index (χ1n) is 4.87. The number of fused-ring (bicyclic) bond motifs is 1. The lowest BCUT2D eigenvalue weighted by Crippen LogP contribution is -2.30. The lowest BCUT2D eigenvalue weighted by molar-refractivity contribution is 1.02. The highest BCUT2D eigenvalue weighted by Gasteiger charge is 2.02. The van der Waals surface area contributed by atoms with Gasteiger partial charge in [-0.25, -0.2) is 5.84 Å². The van der Waals surface area contributed by atoms with Crippen molar-refractivity contribution in [3.05, 3.63) is 46.4 Å². The van der Waals surface area contributed by atoms with Crippen LogP contribution in [0.25, 0.3) is 10.8 Å². The molecule has 3 N–H and O–H groups in total. The molecule has 2 aromatic carbocycles. The number of benzene rings is 2. The van der Waals surface area contributed by atoms with E-state index in [9.17, 15) is 0 Å². The maximum Gasteiger partial charge on any atom is 0.142 e. The molecule has 0 aliphatic rings. The Bertz CT molecular complexity index is 549. The highest BCUT2D eigenvalue weighted by Crippen LogP contribution is 2.20. The number of hydrazine groups is 1. The molecule has 0 bridgehead atoms. The lowest BCUT2D eigenvalue weighted by atomic mass is 10.1. The molecule has 0 radical (unpaired) electrons. The Hall–Kier alpha value is -1.39. The van der Waals surface area contributed by atoms with Gasteiger partial charge in [-0.2, -0.15) is 0 Å². The summed E-state index contributed by atoms with van der Waals surface area (Å²) in [6.45, 7) is 0. The van der Waals surface area contributed by atoms with E-state index in [4.69, 9.17) is 5.84 Å². The van der Waals surface area contributed by atoms with Gasteiger partial charge in [0.1, 0.15) is 5.84 Å². The van der Waals surface area contributed by atoms with E-state index in [0.717, 1.165) is 15.4 Å². The minimum atomic E-state index is 0.685. The highest BCUT2D eigenvalue weighted by molar-refractivity contribution is 9.10. The molecule has 0 spiro atoms. The Morgan fingerprint density at radius 2 is 1.88 bits per heavy atom. The molecule has 4 heteroatoms. The molecule has 0 saturated carbocycles. The SMILES string of the molecule is CN=C(NN)c1ccc2cc(Br)ccc2c1. The molecule has 0 aromatic heterocycles. The molecule has 0 heterocycles. The largest absolute Gasteiger partial charge is 0.308 e. The van der Waals surface area contributed by atoms with Crippen LogP contribution in [-0.4, -0.2) is 12.9 Å². The van der Waals surface area contributed by atoms with Crippen molar-refractivity contribution >= 4 is 32.5 Å². The summed E-state index contributed by atoms with van der Waals surface area (Å²) < 4.78 is 1.08. The number of nitrogens with zero attached hydrogens (tertiary/aromatic N) is 1. The van der Waals surface area contributed by atoms with Crippen molar-refractivity contribution in [2.75, 3.05) is 7.05 Å². The van der Waals surface area contributed by atoms with Gasteiger partial charge in [-0.3, -0.25) is 4.99 Å². The maximum atomic E-state index is 5.40. The second-order valence-electron chi connectivity index (χ2n) is 3.42. The fraction of sp³-hybridized carbons (Fsp3) is 0.0833. The Kier molecular flexibility index (Phi) is 3.22. The molecule has 0 aliphatic carbocycles. The Labute approximate surface area is 102 Å². The van der Waals surface area contributed by atoms with Gasteiger partial charge in [-0.1, -0.05) is 34.1 Å². The number of aliphatic imine (C=N–C) groups is 1. The highest BCUT2D eigenvalue weighted by atomic mass is 79.9. The number of rotatable bonds is 1. The smallest absolute Gasteiger partial charge is 0.142 e. The zero-order valence-corrected chi connectivity index (χ0v) is 10.5. The van der Waals surface area contributed by atoms with Gasteiger partial charge in [0.25, 0.3) is 0 Å². The van der Waals surface area contributed by atoms with Crippen molar-refractivity contribution in [2.24, 2.45) is 10.8 Å². The van der Waals surface area contributed by atoms with Gasteiger partial charge >= 0.3 is 0 Å². The summed E-state index contributed by atoms with van der Waals surface area (Å²) >= 11 is 3.45. The minimum absolute atomic E-state index is 0.685. The first kappa shape index (κ1) is 11.1. The number of nitrogens with two attached hydrogens (primary N) is 1. The van der Waals surface area contributed by atoms with Gasteiger partial charge in [-0.15, -0.1) is 0 Å². The van der Waals surface area contributed by atoms with Crippen LogP contribution in [0.1, 0.15) is 5.56 Å². The third-order valence-electron chi connectivity index (χ3n) is 2.44. The fourth-order valence-corrected chi connectivity index (χ4v) is 2.02. The van der Waals surface area contributed by atoms with Crippen LogP contribution >= 0.6 is 15.9 Å². The van der Waals surface area contributed by atoms with Crippen LogP contribution in [-0.2, 0) is 0 Å². The number of hydrogen-bond acceptors (Lipinski definition) is 2. The summed E-state index contributed by atoms with van der Waals surface area (Å²) in [6, 6.07) is 12.3. The van der Waals surface area contributed by atoms with E-state index in [1.807, 2.05) is 12.1 Å². The topological polar surface area (TPSA) is 50.4 Å². The van der Waals surface area contributed by atoms with E-state index in [0.29, 0.717) is 5.84 Å². The van der Waals surface area contributed by atoms with E-state index in [1.54, 1.807) is 7.05 Å². The third-order valence-corrected chi connectivity index (χ3v) is 2.93. The minimum Gasteiger partial charge on any atom is -0.308 e. The molecule has 0 unspecified atom stereocenters. The molecular formula is C12H12BrN3. The molecule has 3 nitrogen and oxygen atoms in total. The Morgan fingerprint density at radius 3 is 2.56 bits per heavy atom. The molecule has 0 saturated heterocycles. The number of hydrogen-bond donors (Lipinski definition) is 2. The normalized spacial score (nSPS) is 11.8. The quantitative estimate of drug-likeness (QED) is 0.364. The molecule has 0 aliphatic heterocycles. The van der Waals surface area contributed by atoms with Crippen LogP contribution in [0.2, 0.25) is 0 Å². The summed E-state index contributed by atoms with van der Waals surface area (Å²) in [5, 5.41) is 2.35. The zero-order chi connectivity index (χ0) is 11.5. The predicted octanol–water partition coefficient (Wildman–Crippen LogP) is 2.44. The molecule has 0 fully saturated rings. The number of amidine groups is 1. The van der Waals surface area contributed by atoms with Crippen LogP contribution in [0.3, 0.4) is 0 Å². The first-order valence-corrected chi connectivity index (χ1v) is 5.67. The number of halogens is 1. The molecule has 0 atom stereocenters. The van der Waals surface area contributed by atoms with Crippen molar-refractivity contribution in [1.82, 2.24) is 5.43 Å². The monoisotopic (exact) mass is 277 g/mol. The van der Waals surface area contributed by atoms with Crippen LogP contribution < -0.4 is 11.3 Å². The fourth-order valence-electron chi connectivity index (χ4n) is 1.64. The molecule has 16 heavy (non-hydrogen) atoms. The molecular weight excluding hydrogens is 266 g/mol. The van der Waals surface area contributed by atoms with Crippen LogP contribution in [0.15, 0.2) is 45.9 Å². The van der Waals surface area contributed by atoms with Gasteiger partial charge in [-0.05, 0) is 29.0 Å². The second-order valence-corrected chi connectivity index (χ2v) is 4.34. The van der Waals surface area contributed by atoms with Crippen LogP contribution in [0, 0.1) is 0 Å². The van der Waals surface area contributed by atoms with E-state index in [-0.39, 0.29) is 0 Å². The summed E-state index contributed by atoms with van der Waals surface area (Å²) in [6.07, 6.45) is 0. The summed E-state index contributed by atoms with van der Waals surface area (Å²) in [4.78, 5) is 4.07. The summed E-state index contributed by atoms with van der Waals surface area (Å²) in [5.41, 5.74) is 3.57. The van der Waals surface area contributed by atoms with Crippen LogP contribution in [0.4, 0.5) is 0 Å². The average molecular weight is 278 g/mol. The predicted molar refractivity (Wildman–Crippen MR) is 71.4 cm³/mol. The number of nitrogens with one attached hydrogen (secondary N) is 1. The van der Waals surface area contributed by atoms with Gasteiger partial charge in [0.15, 0.2) is 0 Å². The van der Waals surface area contributed by atoms with Gasteiger partial charge < -0.3 is 5.43 Å². The molecule has 82 valence electrons.